The van der Waals surface area contributed by atoms with Gasteiger partial charge in [0.15, 0.2) is 0 Å². The van der Waals surface area contributed by atoms with Gasteiger partial charge in [0.05, 0.1) is 13.2 Å². The zero-order chi connectivity index (χ0) is 16.5. The van der Waals surface area contributed by atoms with Crippen LogP contribution in [0, 0.1) is 0 Å². The number of likely N-dealkylation sites (N-methyl/N-ethyl adjacent to an activating group) is 2. The lowest BCUT2D eigenvalue weighted by atomic mass is 10.0. The summed E-state index contributed by atoms with van der Waals surface area (Å²) in [7, 11) is 4.18. The van der Waals surface area contributed by atoms with Crippen LogP contribution >= 0.6 is 0 Å². The molecule has 0 unspecified atom stereocenters. The van der Waals surface area contributed by atoms with Gasteiger partial charge in [-0.15, -0.1) is 0 Å². The number of amides is 1. The van der Waals surface area contributed by atoms with E-state index < -0.39 is 0 Å². The van der Waals surface area contributed by atoms with E-state index in [1.807, 2.05) is 0 Å². The Morgan fingerprint density at radius 2 is 1.59 bits per heavy atom. The standard InChI is InChI=1S/C9H19N3O.C7H15NO/c1-8(13)12(10)7-9-5-3-4-6-11(9)2;1-8-5-3-2-4-7(8)6-9/h9H,3-7,10H2,1-2H3;7,9H,2-6H2,1H3/t9-;7-/m11/s1. The summed E-state index contributed by atoms with van der Waals surface area (Å²) in [4.78, 5) is 15.4. The molecular formula is C16H34N4O2. The van der Waals surface area contributed by atoms with Crippen LogP contribution in [-0.4, -0.2) is 78.2 Å². The maximum atomic E-state index is 10.9. The highest BCUT2D eigenvalue weighted by atomic mass is 16.3. The van der Waals surface area contributed by atoms with Gasteiger partial charge in [-0.05, 0) is 52.9 Å². The molecule has 6 nitrogen and oxygen atoms in total. The first-order chi connectivity index (χ1) is 10.5. The molecule has 2 aliphatic heterocycles. The van der Waals surface area contributed by atoms with Crippen molar-refractivity contribution in [3.8, 4) is 0 Å². The number of nitrogens with two attached hydrogens (primary N) is 1. The maximum Gasteiger partial charge on any atom is 0.233 e. The number of hydrogen-bond donors (Lipinski definition) is 2. The SMILES string of the molecule is CC(=O)N(N)C[C@H]1CCCCN1C.CN1CCCC[C@@H]1CO. The molecule has 0 saturated carbocycles. The number of carbonyl (C=O) groups is 1. The molecule has 2 fully saturated rings. The van der Waals surface area contributed by atoms with Crippen LogP contribution in [0.5, 0.6) is 0 Å². The average molecular weight is 314 g/mol. The van der Waals surface area contributed by atoms with E-state index in [0.717, 1.165) is 19.5 Å². The quantitative estimate of drug-likeness (QED) is 0.455. The van der Waals surface area contributed by atoms with Gasteiger partial charge in [-0.3, -0.25) is 9.80 Å². The summed E-state index contributed by atoms with van der Waals surface area (Å²) >= 11 is 0. The van der Waals surface area contributed by atoms with Gasteiger partial charge in [0, 0.05) is 19.0 Å². The second kappa shape index (κ2) is 10.2. The topological polar surface area (TPSA) is 73.0 Å². The van der Waals surface area contributed by atoms with Crippen LogP contribution in [0.15, 0.2) is 0 Å². The molecule has 2 atom stereocenters. The molecule has 6 heteroatoms. The average Bonchev–Trinajstić information content (AvgIpc) is 2.50. The Labute approximate surface area is 135 Å². The van der Waals surface area contributed by atoms with Crippen LogP contribution < -0.4 is 5.84 Å². The third-order valence-corrected chi connectivity index (χ3v) is 4.87. The second-order valence-corrected chi connectivity index (χ2v) is 6.61. The van der Waals surface area contributed by atoms with E-state index in [-0.39, 0.29) is 5.91 Å². The van der Waals surface area contributed by atoms with Crippen LogP contribution in [0.4, 0.5) is 0 Å². The number of rotatable bonds is 3. The molecule has 1 amide bonds. The Balaban J connectivity index is 0.000000235. The van der Waals surface area contributed by atoms with Crippen LogP contribution in [0.25, 0.3) is 0 Å². The molecule has 0 aliphatic carbocycles. The Morgan fingerprint density at radius 1 is 1.09 bits per heavy atom. The lowest BCUT2D eigenvalue weighted by Crippen LogP contribution is -2.48. The third-order valence-electron chi connectivity index (χ3n) is 4.87. The Morgan fingerprint density at radius 3 is 1.95 bits per heavy atom. The summed E-state index contributed by atoms with van der Waals surface area (Å²) < 4.78 is 0. The lowest BCUT2D eigenvalue weighted by Gasteiger charge is -2.34. The fourth-order valence-electron chi connectivity index (χ4n) is 3.11. The van der Waals surface area contributed by atoms with Gasteiger partial charge in [0.2, 0.25) is 5.91 Å². The predicted molar refractivity (Wildman–Crippen MR) is 89.2 cm³/mol. The highest BCUT2D eigenvalue weighted by Crippen LogP contribution is 2.15. The van der Waals surface area contributed by atoms with Crippen LogP contribution in [0.3, 0.4) is 0 Å². The second-order valence-electron chi connectivity index (χ2n) is 6.61. The molecule has 22 heavy (non-hydrogen) atoms. The molecule has 130 valence electrons. The molecule has 0 aromatic rings. The molecule has 2 aliphatic rings. The minimum atomic E-state index is -0.0565. The third kappa shape index (κ3) is 6.60. The molecule has 0 bridgehead atoms. The van der Waals surface area contributed by atoms with E-state index in [1.54, 1.807) is 0 Å². The fraction of sp³-hybridized carbons (Fsp3) is 0.938. The predicted octanol–water partition coefficient (Wildman–Crippen LogP) is 0.656. The van der Waals surface area contributed by atoms with Gasteiger partial charge >= 0.3 is 0 Å². The highest BCUT2D eigenvalue weighted by Gasteiger charge is 2.21. The van der Waals surface area contributed by atoms with Crippen LogP contribution in [0.1, 0.15) is 45.4 Å². The molecule has 0 spiro atoms. The molecule has 0 radical (unpaired) electrons. The summed E-state index contributed by atoms with van der Waals surface area (Å²) in [6, 6.07) is 0.890. The summed E-state index contributed by atoms with van der Waals surface area (Å²) in [6.07, 6.45) is 7.42. The zero-order valence-corrected chi connectivity index (χ0v) is 14.5. The smallest absolute Gasteiger partial charge is 0.233 e. The first-order valence-corrected chi connectivity index (χ1v) is 8.49. The number of likely N-dealkylation sites (tertiary alicyclic amines) is 2. The number of aliphatic hydroxyl groups excluding tert-OH is 1. The van der Waals surface area contributed by atoms with Crippen molar-refractivity contribution in [2.45, 2.75) is 57.5 Å². The van der Waals surface area contributed by atoms with Crippen molar-refractivity contribution in [1.82, 2.24) is 14.8 Å². The van der Waals surface area contributed by atoms with Gasteiger partial charge in [0.1, 0.15) is 0 Å². The summed E-state index contributed by atoms with van der Waals surface area (Å²) in [5, 5.41) is 10.1. The normalized spacial score (nSPS) is 27.0. The van der Waals surface area contributed by atoms with E-state index in [0.29, 0.717) is 25.2 Å². The van der Waals surface area contributed by atoms with Crippen molar-refractivity contribution in [1.29, 1.82) is 0 Å². The summed E-state index contributed by atoms with van der Waals surface area (Å²) in [6.45, 7) is 4.77. The van der Waals surface area contributed by atoms with E-state index in [1.165, 1.54) is 44.0 Å². The van der Waals surface area contributed by atoms with Crippen molar-refractivity contribution in [2.75, 3.05) is 40.3 Å². The van der Waals surface area contributed by atoms with E-state index in [9.17, 15) is 4.79 Å². The maximum absolute atomic E-state index is 10.9. The van der Waals surface area contributed by atoms with Crippen LogP contribution in [0.2, 0.25) is 0 Å². The number of aliphatic hydroxyl groups is 1. The Bertz CT molecular complexity index is 327. The van der Waals surface area contributed by atoms with Crippen molar-refractivity contribution in [3.63, 3.8) is 0 Å². The number of piperidine rings is 2. The number of carbonyl (C=O) groups excluding carboxylic acids is 1. The fourth-order valence-corrected chi connectivity index (χ4v) is 3.11. The van der Waals surface area contributed by atoms with Gasteiger partial charge in [-0.25, -0.2) is 5.84 Å². The van der Waals surface area contributed by atoms with Gasteiger partial charge in [-0.2, -0.15) is 0 Å². The zero-order valence-electron chi connectivity index (χ0n) is 14.5. The van der Waals surface area contributed by atoms with Crippen molar-refractivity contribution in [3.05, 3.63) is 0 Å². The Kier molecular flexibility index (Phi) is 8.93. The Hall–Kier alpha value is -0.690. The highest BCUT2D eigenvalue weighted by molar-refractivity contribution is 5.72. The monoisotopic (exact) mass is 314 g/mol. The minimum absolute atomic E-state index is 0.0565. The van der Waals surface area contributed by atoms with Gasteiger partial charge in [-0.1, -0.05) is 12.8 Å². The molecule has 2 heterocycles. The van der Waals surface area contributed by atoms with Crippen molar-refractivity contribution in [2.24, 2.45) is 5.84 Å². The first-order valence-electron chi connectivity index (χ1n) is 8.49. The molecule has 2 rings (SSSR count). The summed E-state index contributed by atoms with van der Waals surface area (Å²) in [5.74, 6) is 5.51. The van der Waals surface area contributed by atoms with Gasteiger partial charge in [0.25, 0.3) is 0 Å². The first kappa shape index (κ1) is 19.4. The number of nitrogens with zero attached hydrogens (tertiary/aromatic N) is 3. The number of hydrogen-bond acceptors (Lipinski definition) is 5. The van der Waals surface area contributed by atoms with Gasteiger partial charge < -0.3 is 14.9 Å². The largest absolute Gasteiger partial charge is 0.395 e. The number of hydrazine groups is 1. The minimum Gasteiger partial charge on any atom is -0.395 e. The molecule has 2 saturated heterocycles. The molecule has 3 N–H and O–H groups in total. The molecule has 0 aromatic heterocycles. The molecule has 0 aromatic carbocycles. The van der Waals surface area contributed by atoms with E-state index in [2.05, 4.69) is 23.9 Å². The van der Waals surface area contributed by atoms with E-state index >= 15 is 0 Å². The van der Waals surface area contributed by atoms with E-state index in [4.69, 9.17) is 10.9 Å². The van der Waals surface area contributed by atoms with Crippen LogP contribution in [-0.2, 0) is 4.79 Å². The summed E-state index contributed by atoms with van der Waals surface area (Å²) in [5.41, 5.74) is 0. The lowest BCUT2D eigenvalue weighted by molar-refractivity contribution is -0.130. The molecular weight excluding hydrogens is 280 g/mol. The van der Waals surface area contributed by atoms with Crippen molar-refractivity contribution < 1.29 is 9.90 Å². The van der Waals surface area contributed by atoms with Crippen molar-refractivity contribution >= 4 is 5.91 Å².